The second-order valence-corrected chi connectivity index (χ2v) is 7.15. The lowest BCUT2D eigenvalue weighted by atomic mass is 10.0. The predicted molar refractivity (Wildman–Crippen MR) is 93.9 cm³/mol. The van der Waals surface area contributed by atoms with Gasteiger partial charge in [-0.2, -0.15) is 0 Å². The molecule has 2 aliphatic rings. The fourth-order valence-corrected chi connectivity index (χ4v) is 4.10. The summed E-state index contributed by atoms with van der Waals surface area (Å²) in [6.07, 6.45) is 0.741. The van der Waals surface area contributed by atoms with Crippen molar-refractivity contribution in [3.05, 3.63) is 45.5 Å². The minimum atomic E-state index is -1.21. The van der Waals surface area contributed by atoms with Crippen LogP contribution in [0.1, 0.15) is 5.56 Å². The minimum absolute atomic E-state index is 0.0961. The average Bonchev–Trinajstić information content (AvgIpc) is 2.66. The molecule has 0 radical (unpaired) electrons. The van der Waals surface area contributed by atoms with E-state index >= 15 is 0 Å². The zero-order valence-electron chi connectivity index (χ0n) is 10.4. The summed E-state index contributed by atoms with van der Waals surface area (Å²) < 4.78 is 4.65. The van der Waals surface area contributed by atoms with E-state index in [-0.39, 0.29) is 8.98 Å². The number of fused-ring (bicyclic) bond motifs is 2. The SMILES string of the molecule is C[N+]1(S)C2=C(OC(S)=C(S)C2(S)C=O)c2ccccc21. The van der Waals surface area contributed by atoms with Crippen molar-refractivity contribution in [2.24, 2.45) is 0 Å². The maximum absolute atomic E-state index is 11.7. The number of rotatable bonds is 1. The lowest BCUT2D eigenvalue weighted by Gasteiger charge is -2.35. The van der Waals surface area contributed by atoms with Crippen molar-refractivity contribution in [2.75, 3.05) is 7.05 Å². The number of hydrogen-bond donors (Lipinski definition) is 4. The van der Waals surface area contributed by atoms with Crippen LogP contribution in [0.25, 0.3) is 5.76 Å². The summed E-state index contributed by atoms with van der Waals surface area (Å²) in [6.45, 7) is 0. The van der Waals surface area contributed by atoms with Gasteiger partial charge in [-0.3, -0.25) is 0 Å². The molecule has 0 saturated carbocycles. The number of carbonyl (C=O) groups is 1. The van der Waals surface area contributed by atoms with Crippen LogP contribution in [0.4, 0.5) is 5.69 Å². The average molecular weight is 343 g/mol. The number of aldehydes is 1. The van der Waals surface area contributed by atoms with E-state index in [0.29, 0.717) is 16.4 Å². The van der Waals surface area contributed by atoms with Crippen molar-refractivity contribution in [2.45, 2.75) is 4.75 Å². The number of para-hydroxylation sites is 1. The third kappa shape index (κ3) is 1.67. The van der Waals surface area contributed by atoms with Gasteiger partial charge in [0.05, 0.1) is 30.3 Å². The van der Waals surface area contributed by atoms with Crippen LogP contribution in [-0.4, -0.2) is 18.1 Å². The van der Waals surface area contributed by atoms with Crippen molar-refractivity contribution in [1.29, 1.82) is 0 Å². The summed E-state index contributed by atoms with van der Waals surface area (Å²) in [5, 5.41) is 0.277. The van der Waals surface area contributed by atoms with Crippen molar-refractivity contribution < 1.29 is 9.53 Å². The molecule has 104 valence electrons. The third-order valence-electron chi connectivity index (χ3n) is 3.56. The van der Waals surface area contributed by atoms with Crippen molar-refractivity contribution in [1.82, 2.24) is 3.89 Å². The summed E-state index contributed by atoms with van der Waals surface area (Å²) in [5.74, 6) is 0.572. The zero-order chi connectivity index (χ0) is 14.7. The Hall–Kier alpha value is -0.470. The van der Waals surface area contributed by atoms with E-state index in [0.717, 1.165) is 17.5 Å². The van der Waals surface area contributed by atoms with Crippen LogP contribution >= 0.6 is 50.7 Å². The molecule has 2 unspecified atom stereocenters. The number of hydrogen-bond acceptors (Lipinski definition) is 6. The van der Waals surface area contributed by atoms with Gasteiger partial charge in [-0.15, -0.1) is 37.9 Å². The second-order valence-electron chi connectivity index (χ2n) is 4.79. The number of ether oxygens (including phenoxy) is 1. The molecular formula is C13H12NO2S4+. The quantitative estimate of drug-likeness (QED) is 0.359. The smallest absolute Gasteiger partial charge is 0.201 e. The van der Waals surface area contributed by atoms with Gasteiger partial charge >= 0.3 is 0 Å². The molecule has 0 N–H and O–H groups in total. The molecule has 7 heteroatoms. The maximum Gasteiger partial charge on any atom is 0.201 e. The molecule has 1 aromatic carbocycles. The molecule has 0 saturated heterocycles. The third-order valence-corrected chi connectivity index (χ3v) is 5.74. The summed E-state index contributed by atoms with van der Waals surface area (Å²) in [6, 6.07) is 7.69. The van der Waals surface area contributed by atoms with E-state index in [2.05, 4.69) is 37.9 Å². The van der Waals surface area contributed by atoms with Crippen molar-refractivity contribution in [3.8, 4) is 0 Å². The maximum atomic E-state index is 11.7. The Labute approximate surface area is 139 Å². The van der Waals surface area contributed by atoms with Gasteiger partial charge in [-0.25, -0.2) is 3.89 Å². The molecular weight excluding hydrogens is 330 g/mol. The van der Waals surface area contributed by atoms with E-state index in [1.165, 1.54) is 0 Å². The van der Waals surface area contributed by atoms with E-state index in [9.17, 15) is 4.79 Å². The Morgan fingerprint density at radius 2 is 1.95 bits per heavy atom. The molecule has 1 aromatic rings. The Balaban J connectivity index is 2.34. The van der Waals surface area contributed by atoms with Gasteiger partial charge in [0.1, 0.15) is 0 Å². The van der Waals surface area contributed by atoms with E-state index in [1.54, 1.807) is 0 Å². The largest absolute Gasteiger partial charge is 0.443 e. The molecule has 2 atom stereocenters. The molecule has 0 aromatic heterocycles. The summed E-state index contributed by atoms with van der Waals surface area (Å²) >= 11 is 17.8. The first kappa shape index (κ1) is 14.5. The summed E-state index contributed by atoms with van der Waals surface area (Å²) in [4.78, 5) is 12.1. The Kier molecular flexibility index (Phi) is 3.26. The van der Waals surface area contributed by atoms with Crippen molar-refractivity contribution >= 4 is 68.4 Å². The van der Waals surface area contributed by atoms with Crippen LogP contribution in [0.15, 0.2) is 40.0 Å². The Morgan fingerprint density at radius 1 is 1.30 bits per heavy atom. The van der Waals surface area contributed by atoms with Crippen molar-refractivity contribution in [3.63, 3.8) is 0 Å². The number of benzene rings is 1. The van der Waals surface area contributed by atoms with E-state index in [1.807, 2.05) is 31.3 Å². The highest BCUT2D eigenvalue weighted by Crippen LogP contribution is 2.56. The molecule has 3 rings (SSSR count). The Morgan fingerprint density at radius 3 is 2.60 bits per heavy atom. The summed E-state index contributed by atoms with van der Waals surface area (Å²) in [5.41, 5.74) is 2.43. The normalized spacial score (nSPS) is 31.9. The van der Waals surface area contributed by atoms with Crippen LogP contribution in [0.3, 0.4) is 0 Å². The lowest BCUT2D eigenvalue weighted by molar-refractivity contribution is -0.108. The predicted octanol–water partition coefficient (Wildman–Crippen LogP) is 3.08. The number of thiol groups is 4. The molecule has 2 heterocycles. The van der Waals surface area contributed by atoms with Crippen LogP contribution in [-0.2, 0) is 9.53 Å². The lowest BCUT2D eigenvalue weighted by Crippen LogP contribution is -2.45. The first-order chi connectivity index (χ1) is 9.34. The molecule has 0 spiro atoms. The van der Waals surface area contributed by atoms with Gasteiger partial charge in [0.2, 0.25) is 5.76 Å². The van der Waals surface area contributed by atoms with Crippen LogP contribution in [0.2, 0.25) is 0 Å². The molecule has 0 amide bonds. The molecule has 0 aliphatic carbocycles. The van der Waals surface area contributed by atoms with E-state index < -0.39 is 4.75 Å². The van der Waals surface area contributed by atoms with Gasteiger partial charge in [-0.1, -0.05) is 12.1 Å². The van der Waals surface area contributed by atoms with Crippen LogP contribution in [0, 0.1) is 0 Å². The highest BCUT2D eigenvalue weighted by atomic mass is 32.1. The highest BCUT2D eigenvalue weighted by molar-refractivity contribution is 7.91. The monoisotopic (exact) mass is 342 g/mol. The number of quaternary nitrogens is 1. The van der Waals surface area contributed by atoms with Gasteiger partial charge in [-0.05, 0) is 6.07 Å². The number of carbonyl (C=O) groups excluding carboxylic acids is 1. The second kappa shape index (κ2) is 4.51. The molecule has 3 nitrogen and oxygen atoms in total. The van der Waals surface area contributed by atoms with Gasteiger partial charge in [0, 0.05) is 6.07 Å². The first-order valence-corrected chi connectivity index (χ1v) is 7.52. The van der Waals surface area contributed by atoms with Gasteiger partial charge < -0.3 is 9.53 Å². The van der Waals surface area contributed by atoms with Crippen LogP contribution < -0.4 is 3.89 Å². The fraction of sp³-hybridized carbons (Fsp3) is 0.154. The fourth-order valence-electron chi connectivity index (χ4n) is 2.63. The Bertz CT molecular complexity index is 695. The first-order valence-electron chi connectivity index (χ1n) is 5.78. The highest BCUT2D eigenvalue weighted by Gasteiger charge is 2.57. The minimum Gasteiger partial charge on any atom is -0.443 e. The van der Waals surface area contributed by atoms with Gasteiger partial charge in [0.15, 0.2) is 27.5 Å². The zero-order valence-corrected chi connectivity index (χ0v) is 14.0. The molecule has 0 fully saturated rings. The van der Waals surface area contributed by atoms with E-state index in [4.69, 9.17) is 17.6 Å². The topological polar surface area (TPSA) is 26.3 Å². The standard InChI is InChI=1S/C13H11NO2S4/c1-14(20)8-5-3-2-4-7(8)9-10(14)13(19,6-15)11(17)12(18)16-9/h2-6,20H,1H3,(H2-,17,18,19)/p+1. The summed E-state index contributed by atoms with van der Waals surface area (Å²) in [7, 11) is 1.87. The molecule has 20 heavy (non-hydrogen) atoms. The number of nitrogens with zero attached hydrogens (tertiary/aromatic N) is 1. The van der Waals surface area contributed by atoms with Gasteiger partial charge in [0.25, 0.3) is 0 Å². The van der Waals surface area contributed by atoms with Crippen LogP contribution in [0.5, 0.6) is 0 Å². The molecule has 0 bridgehead atoms. The molecule has 2 aliphatic heterocycles.